The summed E-state index contributed by atoms with van der Waals surface area (Å²) in [5.41, 5.74) is 0.353. The molecule has 15 heavy (non-hydrogen) atoms. The van der Waals surface area contributed by atoms with Crippen molar-refractivity contribution in [2.45, 2.75) is 18.7 Å². The Morgan fingerprint density at radius 3 is 2.73 bits per heavy atom. The lowest BCUT2D eigenvalue weighted by Crippen LogP contribution is -2.03. The normalized spacial score (nSPS) is 10.4. The van der Waals surface area contributed by atoms with E-state index in [-0.39, 0.29) is 0 Å². The van der Waals surface area contributed by atoms with Crippen molar-refractivity contribution in [2.75, 3.05) is 12.9 Å². The molecule has 0 radical (unpaired) electrons. The van der Waals surface area contributed by atoms with E-state index in [0.29, 0.717) is 11.6 Å². The second-order valence-corrected chi connectivity index (χ2v) is 4.67. The van der Waals surface area contributed by atoms with Crippen LogP contribution in [0.4, 0.5) is 0 Å². The molecule has 0 bridgehead atoms. The third-order valence-electron chi connectivity index (χ3n) is 1.71. The van der Waals surface area contributed by atoms with Gasteiger partial charge in [-0.25, -0.2) is 9.78 Å². The lowest BCUT2D eigenvalue weighted by molar-refractivity contribution is 0.0594. The third kappa shape index (κ3) is 3.91. The van der Waals surface area contributed by atoms with E-state index in [1.807, 2.05) is 6.07 Å². The maximum absolute atomic E-state index is 11.1. The summed E-state index contributed by atoms with van der Waals surface area (Å²) in [6, 6.07) is 3.58. The first kappa shape index (κ1) is 12.0. The van der Waals surface area contributed by atoms with Crippen molar-refractivity contribution in [1.82, 2.24) is 4.98 Å². The van der Waals surface area contributed by atoms with Crippen molar-refractivity contribution < 1.29 is 9.53 Å². The van der Waals surface area contributed by atoms with Crippen LogP contribution in [0.1, 0.15) is 24.3 Å². The molecule has 0 saturated heterocycles. The Balaban J connectivity index is 2.60. The van der Waals surface area contributed by atoms with Gasteiger partial charge in [-0.05, 0) is 18.1 Å². The average Bonchev–Trinajstić information content (AvgIpc) is 2.26. The minimum Gasteiger partial charge on any atom is -0.464 e. The molecule has 0 aliphatic heterocycles. The van der Waals surface area contributed by atoms with Crippen LogP contribution >= 0.6 is 11.8 Å². The Labute approximate surface area is 94.2 Å². The van der Waals surface area contributed by atoms with Crippen LogP contribution < -0.4 is 0 Å². The molecule has 0 amide bonds. The Morgan fingerprint density at radius 2 is 2.27 bits per heavy atom. The van der Waals surface area contributed by atoms with Gasteiger partial charge in [0.1, 0.15) is 5.69 Å². The Hall–Kier alpha value is -1.03. The number of pyridine rings is 1. The fourth-order valence-electron chi connectivity index (χ4n) is 0.954. The summed E-state index contributed by atoms with van der Waals surface area (Å²) in [7, 11) is 1.35. The molecule has 0 saturated carbocycles. The Morgan fingerprint density at radius 1 is 1.53 bits per heavy atom. The monoisotopic (exact) mass is 225 g/mol. The van der Waals surface area contributed by atoms with Crippen LogP contribution in [0.25, 0.3) is 0 Å². The predicted molar refractivity (Wildman–Crippen MR) is 61.1 cm³/mol. The smallest absolute Gasteiger partial charge is 0.356 e. The highest BCUT2D eigenvalue weighted by Crippen LogP contribution is 2.19. The highest BCUT2D eigenvalue weighted by Gasteiger charge is 2.06. The number of nitrogens with zero attached hydrogens (tertiary/aromatic N) is 1. The van der Waals surface area contributed by atoms with Gasteiger partial charge < -0.3 is 4.74 Å². The largest absolute Gasteiger partial charge is 0.464 e. The van der Waals surface area contributed by atoms with Crippen LogP contribution in [0.3, 0.4) is 0 Å². The number of thioether (sulfide) groups is 1. The molecule has 1 aromatic rings. The lowest BCUT2D eigenvalue weighted by Gasteiger charge is -2.04. The summed E-state index contributed by atoms with van der Waals surface area (Å²) < 4.78 is 4.57. The van der Waals surface area contributed by atoms with Crippen LogP contribution in [-0.4, -0.2) is 23.8 Å². The van der Waals surface area contributed by atoms with Gasteiger partial charge in [-0.3, -0.25) is 0 Å². The number of esters is 1. The third-order valence-corrected chi connectivity index (χ3v) is 3.12. The van der Waals surface area contributed by atoms with Crippen molar-refractivity contribution in [2.24, 2.45) is 5.92 Å². The zero-order chi connectivity index (χ0) is 11.3. The molecule has 0 aromatic carbocycles. The van der Waals surface area contributed by atoms with E-state index in [1.54, 1.807) is 24.0 Å². The van der Waals surface area contributed by atoms with Gasteiger partial charge in [0.05, 0.1) is 7.11 Å². The number of hydrogen-bond acceptors (Lipinski definition) is 4. The molecule has 0 fully saturated rings. The quantitative estimate of drug-likeness (QED) is 0.583. The van der Waals surface area contributed by atoms with Gasteiger partial charge in [-0.15, -0.1) is 11.8 Å². The first-order valence-electron chi connectivity index (χ1n) is 4.80. The maximum Gasteiger partial charge on any atom is 0.356 e. The van der Waals surface area contributed by atoms with Gasteiger partial charge in [0, 0.05) is 16.8 Å². The van der Waals surface area contributed by atoms with E-state index in [0.717, 1.165) is 10.6 Å². The fraction of sp³-hybridized carbons (Fsp3) is 0.455. The van der Waals surface area contributed by atoms with E-state index in [4.69, 9.17) is 0 Å². The number of rotatable bonds is 4. The number of ether oxygens (including phenoxy) is 1. The van der Waals surface area contributed by atoms with Crippen LogP contribution in [-0.2, 0) is 4.74 Å². The molecule has 1 heterocycles. The maximum atomic E-state index is 11.1. The van der Waals surface area contributed by atoms with Gasteiger partial charge in [0.25, 0.3) is 0 Å². The highest BCUT2D eigenvalue weighted by molar-refractivity contribution is 7.99. The zero-order valence-corrected chi connectivity index (χ0v) is 10.0. The van der Waals surface area contributed by atoms with Gasteiger partial charge in [0.15, 0.2) is 0 Å². The number of carbonyl (C=O) groups is 1. The topological polar surface area (TPSA) is 39.2 Å². The number of methoxy groups -OCH3 is 1. The summed E-state index contributed by atoms with van der Waals surface area (Å²) in [6.45, 7) is 4.34. The first-order valence-corrected chi connectivity index (χ1v) is 5.79. The van der Waals surface area contributed by atoms with Crippen molar-refractivity contribution in [3.8, 4) is 0 Å². The molecule has 4 heteroatoms. The van der Waals surface area contributed by atoms with Crippen LogP contribution in [0.5, 0.6) is 0 Å². The van der Waals surface area contributed by atoms with E-state index in [9.17, 15) is 4.79 Å². The van der Waals surface area contributed by atoms with E-state index < -0.39 is 5.97 Å². The van der Waals surface area contributed by atoms with E-state index in [1.165, 1.54) is 7.11 Å². The summed E-state index contributed by atoms with van der Waals surface area (Å²) in [6.07, 6.45) is 1.71. The predicted octanol–water partition coefficient (Wildman–Crippen LogP) is 2.62. The van der Waals surface area contributed by atoms with Crippen LogP contribution in [0.2, 0.25) is 0 Å². The lowest BCUT2D eigenvalue weighted by atomic mass is 10.3. The number of hydrogen-bond donors (Lipinski definition) is 0. The summed E-state index contributed by atoms with van der Waals surface area (Å²) in [5, 5.41) is 0. The second-order valence-electron chi connectivity index (χ2n) is 3.58. The van der Waals surface area contributed by atoms with Gasteiger partial charge in [-0.1, -0.05) is 13.8 Å². The minimum absolute atomic E-state index is 0.353. The molecule has 0 aliphatic carbocycles. The van der Waals surface area contributed by atoms with E-state index >= 15 is 0 Å². The van der Waals surface area contributed by atoms with Gasteiger partial charge in [0.2, 0.25) is 0 Å². The summed E-state index contributed by atoms with van der Waals surface area (Å²) in [5.74, 6) is 1.31. The van der Waals surface area contributed by atoms with Gasteiger partial charge >= 0.3 is 5.97 Å². The number of carbonyl (C=O) groups excluding carboxylic acids is 1. The summed E-state index contributed by atoms with van der Waals surface area (Å²) in [4.78, 5) is 16.2. The van der Waals surface area contributed by atoms with Crippen molar-refractivity contribution in [1.29, 1.82) is 0 Å². The molecule has 1 aromatic heterocycles. The molecule has 0 atom stereocenters. The van der Waals surface area contributed by atoms with Crippen molar-refractivity contribution in [3.63, 3.8) is 0 Å². The van der Waals surface area contributed by atoms with Crippen LogP contribution in [0.15, 0.2) is 23.2 Å². The molecule has 0 N–H and O–H groups in total. The molecular weight excluding hydrogens is 210 g/mol. The SMILES string of the molecule is COC(=O)c1ccc(SCC(C)C)cn1. The van der Waals surface area contributed by atoms with Crippen molar-refractivity contribution in [3.05, 3.63) is 24.0 Å². The molecule has 82 valence electrons. The fourth-order valence-corrected chi connectivity index (χ4v) is 1.77. The van der Waals surface area contributed by atoms with Crippen molar-refractivity contribution >= 4 is 17.7 Å². The van der Waals surface area contributed by atoms with E-state index in [2.05, 4.69) is 23.6 Å². The standard InChI is InChI=1S/C11H15NO2S/c1-8(2)7-15-9-4-5-10(12-6-9)11(13)14-3/h4-6,8H,7H2,1-3H3. The Bertz CT molecular complexity index is 322. The molecular formula is C11H15NO2S. The van der Waals surface area contributed by atoms with Gasteiger partial charge in [-0.2, -0.15) is 0 Å². The average molecular weight is 225 g/mol. The highest BCUT2D eigenvalue weighted by atomic mass is 32.2. The molecule has 0 spiro atoms. The molecule has 3 nitrogen and oxygen atoms in total. The molecule has 0 unspecified atom stereocenters. The Kier molecular flexibility index (Phi) is 4.62. The molecule has 0 aliphatic rings. The zero-order valence-electron chi connectivity index (χ0n) is 9.19. The number of aromatic nitrogens is 1. The first-order chi connectivity index (χ1) is 7.13. The van der Waals surface area contributed by atoms with Crippen LogP contribution in [0, 0.1) is 5.92 Å². The minimum atomic E-state index is -0.393. The second kappa shape index (κ2) is 5.75. The summed E-state index contributed by atoms with van der Waals surface area (Å²) >= 11 is 1.74. The molecule has 1 rings (SSSR count).